The lowest BCUT2D eigenvalue weighted by Crippen LogP contribution is -1.97. The maximum atomic E-state index is 10.6. The minimum absolute atomic E-state index is 0.115. The van der Waals surface area contributed by atoms with Crippen molar-refractivity contribution in [1.82, 2.24) is 9.97 Å². The quantitative estimate of drug-likeness (QED) is 0.812. The number of thiol groups is 1. The predicted octanol–water partition coefficient (Wildman–Crippen LogP) is 1.25. The molecule has 0 saturated heterocycles. The van der Waals surface area contributed by atoms with Crippen LogP contribution in [0.2, 0.25) is 0 Å². The molecule has 0 aliphatic heterocycles. The fourth-order valence-electron chi connectivity index (χ4n) is 1.36. The SMILES string of the molecule is O=[SH](=O)Cc1nccc(-c2ccccc2)n1. The highest BCUT2D eigenvalue weighted by atomic mass is 32.2. The van der Waals surface area contributed by atoms with Crippen LogP contribution in [-0.4, -0.2) is 18.4 Å². The molecule has 2 rings (SSSR count). The van der Waals surface area contributed by atoms with E-state index >= 15 is 0 Å². The van der Waals surface area contributed by atoms with Crippen molar-refractivity contribution in [3.05, 3.63) is 48.4 Å². The maximum absolute atomic E-state index is 10.6. The molecule has 0 spiro atoms. The summed E-state index contributed by atoms with van der Waals surface area (Å²) in [7, 11) is -2.48. The minimum Gasteiger partial charge on any atom is -0.240 e. The zero-order valence-corrected chi connectivity index (χ0v) is 9.30. The van der Waals surface area contributed by atoms with Gasteiger partial charge in [0.1, 0.15) is 22.3 Å². The third-order valence-corrected chi connectivity index (χ3v) is 2.59. The van der Waals surface area contributed by atoms with Crippen LogP contribution in [-0.2, 0) is 16.5 Å². The summed E-state index contributed by atoms with van der Waals surface area (Å²) >= 11 is 0. The highest BCUT2D eigenvalue weighted by molar-refractivity contribution is 7.71. The highest BCUT2D eigenvalue weighted by Gasteiger charge is 2.02. The zero-order valence-electron chi connectivity index (χ0n) is 8.41. The standard InChI is InChI=1S/C11H10N2O2S/c14-16(15)8-11-12-7-6-10(13-11)9-4-2-1-3-5-9/h1-7,16H,8H2. The Labute approximate surface area is 95.0 Å². The third kappa shape index (κ3) is 2.64. The second-order valence-corrected chi connectivity index (χ2v) is 4.20. The molecule has 0 unspecified atom stereocenters. The molecule has 1 heterocycles. The molecular weight excluding hydrogens is 224 g/mol. The van der Waals surface area contributed by atoms with Crippen molar-refractivity contribution in [2.24, 2.45) is 0 Å². The Kier molecular flexibility index (Phi) is 3.26. The molecule has 1 aromatic carbocycles. The number of hydrogen-bond donors (Lipinski definition) is 1. The molecule has 0 N–H and O–H groups in total. The van der Waals surface area contributed by atoms with Crippen molar-refractivity contribution in [2.45, 2.75) is 5.75 Å². The van der Waals surface area contributed by atoms with Gasteiger partial charge >= 0.3 is 0 Å². The lowest BCUT2D eigenvalue weighted by Gasteiger charge is -2.01. The normalized spacial score (nSPS) is 10.6. The molecule has 0 radical (unpaired) electrons. The van der Waals surface area contributed by atoms with Gasteiger partial charge in [-0.25, -0.2) is 18.4 Å². The summed E-state index contributed by atoms with van der Waals surface area (Å²) in [6.45, 7) is 0. The second-order valence-electron chi connectivity index (χ2n) is 3.21. The van der Waals surface area contributed by atoms with Gasteiger partial charge in [0.15, 0.2) is 0 Å². The van der Waals surface area contributed by atoms with E-state index in [4.69, 9.17) is 0 Å². The molecular formula is C11H10N2O2S. The first kappa shape index (κ1) is 10.8. The topological polar surface area (TPSA) is 59.9 Å². The Morgan fingerprint density at radius 3 is 2.50 bits per heavy atom. The first-order chi connectivity index (χ1) is 7.75. The zero-order chi connectivity index (χ0) is 11.4. The van der Waals surface area contributed by atoms with Gasteiger partial charge in [-0.2, -0.15) is 0 Å². The van der Waals surface area contributed by atoms with Crippen LogP contribution in [0, 0.1) is 0 Å². The van der Waals surface area contributed by atoms with Crippen LogP contribution in [0.5, 0.6) is 0 Å². The summed E-state index contributed by atoms with van der Waals surface area (Å²) < 4.78 is 21.1. The van der Waals surface area contributed by atoms with Gasteiger partial charge < -0.3 is 0 Å². The van der Waals surface area contributed by atoms with Gasteiger partial charge in [-0.05, 0) is 6.07 Å². The van der Waals surface area contributed by atoms with Gasteiger partial charge in [-0.1, -0.05) is 30.3 Å². The summed E-state index contributed by atoms with van der Waals surface area (Å²) in [4.78, 5) is 8.10. The van der Waals surface area contributed by atoms with E-state index in [0.717, 1.165) is 11.3 Å². The average Bonchev–Trinajstić information content (AvgIpc) is 2.30. The van der Waals surface area contributed by atoms with Gasteiger partial charge in [0.05, 0.1) is 5.69 Å². The van der Waals surface area contributed by atoms with E-state index in [1.165, 1.54) is 0 Å². The van der Waals surface area contributed by atoms with Gasteiger partial charge in [-0.15, -0.1) is 0 Å². The van der Waals surface area contributed by atoms with E-state index in [1.807, 2.05) is 30.3 Å². The summed E-state index contributed by atoms with van der Waals surface area (Å²) in [6.07, 6.45) is 1.57. The van der Waals surface area contributed by atoms with E-state index in [9.17, 15) is 8.42 Å². The lowest BCUT2D eigenvalue weighted by atomic mass is 10.1. The predicted molar refractivity (Wildman–Crippen MR) is 61.5 cm³/mol. The van der Waals surface area contributed by atoms with Gasteiger partial charge in [0, 0.05) is 11.8 Å². The fraction of sp³-hybridized carbons (Fsp3) is 0.0909. The Balaban J connectivity index is 2.36. The molecule has 82 valence electrons. The van der Waals surface area contributed by atoms with E-state index < -0.39 is 10.7 Å². The van der Waals surface area contributed by atoms with E-state index in [-0.39, 0.29) is 5.75 Å². The maximum Gasteiger partial charge on any atom is 0.147 e. The summed E-state index contributed by atoms with van der Waals surface area (Å²) in [5.74, 6) is 0.216. The molecule has 0 fully saturated rings. The van der Waals surface area contributed by atoms with Crippen LogP contribution < -0.4 is 0 Å². The van der Waals surface area contributed by atoms with Crippen LogP contribution in [0.1, 0.15) is 5.82 Å². The molecule has 1 aromatic heterocycles. The van der Waals surface area contributed by atoms with Crippen molar-refractivity contribution in [1.29, 1.82) is 0 Å². The van der Waals surface area contributed by atoms with Gasteiger partial charge in [0.2, 0.25) is 0 Å². The van der Waals surface area contributed by atoms with Crippen molar-refractivity contribution in [3.63, 3.8) is 0 Å². The van der Waals surface area contributed by atoms with Crippen molar-refractivity contribution in [2.75, 3.05) is 0 Å². The van der Waals surface area contributed by atoms with Crippen molar-refractivity contribution >= 4 is 10.7 Å². The number of nitrogens with zero attached hydrogens (tertiary/aromatic N) is 2. The fourth-order valence-corrected chi connectivity index (χ4v) is 1.74. The average molecular weight is 234 g/mol. The van der Waals surface area contributed by atoms with Crippen LogP contribution in [0.15, 0.2) is 42.6 Å². The van der Waals surface area contributed by atoms with Crippen LogP contribution in [0.25, 0.3) is 11.3 Å². The van der Waals surface area contributed by atoms with Crippen LogP contribution >= 0.6 is 0 Å². The third-order valence-electron chi connectivity index (χ3n) is 2.05. The molecule has 2 aromatic rings. The first-order valence-electron chi connectivity index (χ1n) is 4.75. The Morgan fingerprint density at radius 1 is 1.06 bits per heavy atom. The van der Waals surface area contributed by atoms with Gasteiger partial charge in [0.25, 0.3) is 0 Å². The Morgan fingerprint density at radius 2 is 1.81 bits per heavy atom. The number of benzene rings is 1. The largest absolute Gasteiger partial charge is 0.240 e. The molecule has 4 nitrogen and oxygen atoms in total. The van der Waals surface area contributed by atoms with Crippen molar-refractivity contribution < 1.29 is 8.42 Å². The molecule has 16 heavy (non-hydrogen) atoms. The molecule has 0 amide bonds. The van der Waals surface area contributed by atoms with E-state index in [2.05, 4.69) is 9.97 Å². The Hall–Kier alpha value is -1.75. The molecule has 0 aliphatic carbocycles. The molecule has 0 aliphatic rings. The van der Waals surface area contributed by atoms with Gasteiger partial charge in [-0.3, -0.25) is 0 Å². The van der Waals surface area contributed by atoms with E-state index in [0.29, 0.717) is 5.82 Å². The molecule has 5 heteroatoms. The molecule has 0 saturated carbocycles. The first-order valence-corrected chi connectivity index (χ1v) is 6.11. The van der Waals surface area contributed by atoms with Crippen LogP contribution in [0.4, 0.5) is 0 Å². The number of hydrogen-bond acceptors (Lipinski definition) is 4. The number of aromatic nitrogens is 2. The smallest absolute Gasteiger partial charge is 0.147 e. The van der Waals surface area contributed by atoms with E-state index in [1.54, 1.807) is 12.3 Å². The summed E-state index contributed by atoms with van der Waals surface area (Å²) in [6, 6.07) is 11.3. The van der Waals surface area contributed by atoms with Crippen molar-refractivity contribution in [3.8, 4) is 11.3 Å². The Bertz CT molecular complexity index is 545. The summed E-state index contributed by atoms with van der Waals surface area (Å²) in [5, 5.41) is 0. The minimum atomic E-state index is -2.48. The molecule has 0 atom stereocenters. The monoisotopic (exact) mass is 234 g/mol. The molecule has 0 bridgehead atoms. The number of rotatable bonds is 3. The summed E-state index contributed by atoms with van der Waals surface area (Å²) in [5.41, 5.74) is 1.69. The highest BCUT2D eigenvalue weighted by Crippen LogP contribution is 2.15. The van der Waals surface area contributed by atoms with Crippen LogP contribution in [0.3, 0.4) is 0 Å². The lowest BCUT2D eigenvalue weighted by molar-refractivity contribution is 0.612. The second kappa shape index (κ2) is 4.85.